The third-order valence-electron chi connectivity index (χ3n) is 5.55. The summed E-state index contributed by atoms with van der Waals surface area (Å²) in [6, 6.07) is 0. The molecule has 1 aromatic heterocycles. The Bertz CT molecular complexity index is 848. The molecule has 180 valence electrons. The van der Waals surface area contributed by atoms with E-state index in [4.69, 9.17) is 31.5 Å². The van der Waals surface area contributed by atoms with Crippen LogP contribution in [0, 0.1) is 5.92 Å². The van der Waals surface area contributed by atoms with Crippen LogP contribution >= 0.6 is 23.4 Å². The maximum absolute atomic E-state index is 10.2. The molecule has 0 aromatic carbocycles. The number of thioether (sulfide) groups is 1. The fourth-order valence-electron chi connectivity index (χ4n) is 4.20. The molecule has 10 heteroatoms. The molecular formula is C22H35ClN4O4S. The van der Waals surface area contributed by atoms with Gasteiger partial charge in [0.25, 0.3) is 0 Å². The van der Waals surface area contributed by atoms with Crippen molar-refractivity contribution in [2.24, 2.45) is 5.92 Å². The van der Waals surface area contributed by atoms with E-state index in [1.54, 1.807) is 25.6 Å². The summed E-state index contributed by atoms with van der Waals surface area (Å²) in [5.41, 5.74) is 7.41. The van der Waals surface area contributed by atoms with E-state index in [2.05, 4.69) is 23.5 Å². The summed E-state index contributed by atoms with van der Waals surface area (Å²) in [6.45, 7) is 14.0. The van der Waals surface area contributed by atoms with E-state index in [0.29, 0.717) is 23.2 Å². The quantitative estimate of drug-likeness (QED) is 0.177. The fourth-order valence-corrected chi connectivity index (χ4v) is 5.11. The van der Waals surface area contributed by atoms with Gasteiger partial charge in [-0.2, -0.15) is 0 Å². The topological polar surface area (TPSA) is 103 Å². The Morgan fingerprint density at radius 1 is 1.31 bits per heavy atom. The van der Waals surface area contributed by atoms with Crippen LogP contribution in [-0.4, -0.2) is 64.3 Å². The Hall–Kier alpha value is -1.10. The van der Waals surface area contributed by atoms with Crippen LogP contribution in [0.2, 0.25) is 5.15 Å². The lowest BCUT2D eigenvalue weighted by Gasteiger charge is -2.30. The van der Waals surface area contributed by atoms with Crippen LogP contribution in [0.1, 0.15) is 47.5 Å². The second kappa shape index (κ2) is 9.64. The maximum atomic E-state index is 10.2. The van der Waals surface area contributed by atoms with Crippen molar-refractivity contribution in [1.82, 2.24) is 9.97 Å². The van der Waals surface area contributed by atoms with Gasteiger partial charge in [0.1, 0.15) is 17.9 Å². The minimum absolute atomic E-state index is 0.0101. The zero-order valence-electron chi connectivity index (χ0n) is 19.7. The summed E-state index contributed by atoms with van der Waals surface area (Å²) in [7, 11) is 1.93. The number of hydrogen-bond acceptors (Lipinski definition) is 9. The second-order valence-corrected chi connectivity index (χ2v) is 10.7. The van der Waals surface area contributed by atoms with E-state index in [9.17, 15) is 5.11 Å². The number of aromatic nitrogens is 2. The molecule has 1 aliphatic heterocycles. The van der Waals surface area contributed by atoms with Crippen molar-refractivity contribution in [3.63, 3.8) is 0 Å². The number of halogens is 1. The third-order valence-corrected chi connectivity index (χ3v) is 6.89. The number of anilines is 2. The van der Waals surface area contributed by atoms with Crippen molar-refractivity contribution >= 4 is 34.9 Å². The average Bonchev–Trinajstić information content (AvgIpc) is 3.10. The van der Waals surface area contributed by atoms with E-state index < -0.39 is 17.7 Å². The van der Waals surface area contributed by atoms with Crippen molar-refractivity contribution in [1.29, 1.82) is 0 Å². The predicted octanol–water partition coefficient (Wildman–Crippen LogP) is 3.86. The molecule has 3 rings (SSSR count). The molecule has 4 atom stereocenters. The molecule has 2 heterocycles. The highest BCUT2D eigenvalue weighted by atomic mass is 35.5. The van der Waals surface area contributed by atoms with E-state index in [0.717, 1.165) is 24.2 Å². The molecule has 1 saturated heterocycles. The van der Waals surface area contributed by atoms with E-state index in [1.165, 1.54) is 0 Å². The van der Waals surface area contributed by atoms with Gasteiger partial charge in [0.15, 0.2) is 27.7 Å². The number of hydrogen-bond donors (Lipinski definition) is 2. The fraction of sp³-hybridized carbons (Fsp3) is 0.727. The number of fused-ring (bicyclic) bond motifs is 1. The summed E-state index contributed by atoms with van der Waals surface area (Å²) in [5, 5.41) is 11.1. The van der Waals surface area contributed by atoms with Gasteiger partial charge < -0.3 is 30.0 Å². The van der Waals surface area contributed by atoms with Crippen LogP contribution in [0.4, 0.5) is 11.5 Å². The zero-order valence-corrected chi connectivity index (χ0v) is 21.3. The summed E-state index contributed by atoms with van der Waals surface area (Å²) >= 11 is 7.83. The Balaban J connectivity index is 1.75. The van der Waals surface area contributed by atoms with Gasteiger partial charge >= 0.3 is 0 Å². The van der Waals surface area contributed by atoms with Crippen LogP contribution in [0.15, 0.2) is 17.3 Å². The smallest absolute Gasteiger partial charge is 0.191 e. The van der Waals surface area contributed by atoms with Crippen molar-refractivity contribution in [3.8, 4) is 0 Å². The number of ether oxygens (including phenoxy) is 3. The molecule has 0 amide bonds. The van der Waals surface area contributed by atoms with Crippen molar-refractivity contribution < 1.29 is 19.3 Å². The van der Waals surface area contributed by atoms with E-state index in [1.807, 2.05) is 25.8 Å². The highest BCUT2D eigenvalue weighted by molar-refractivity contribution is 7.99. The molecule has 3 N–H and O–H groups in total. The minimum atomic E-state index is -1.31. The normalized spacial score (nSPS) is 27.1. The van der Waals surface area contributed by atoms with Crippen LogP contribution in [-0.2, 0) is 14.2 Å². The van der Waals surface area contributed by atoms with Gasteiger partial charge in [-0.15, -0.1) is 0 Å². The Kier molecular flexibility index (Phi) is 7.69. The summed E-state index contributed by atoms with van der Waals surface area (Å²) < 4.78 is 18.2. The minimum Gasteiger partial charge on any atom is -0.393 e. The predicted molar refractivity (Wildman–Crippen MR) is 128 cm³/mol. The molecule has 0 spiro atoms. The molecule has 1 saturated carbocycles. The second-order valence-electron chi connectivity index (χ2n) is 9.32. The molecule has 1 aromatic rings. The van der Waals surface area contributed by atoms with Gasteiger partial charge in [-0.1, -0.05) is 36.9 Å². The van der Waals surface area contributed by atoms with Crippen LogP contribution in [0.25, 0.3) is 0 Å². The largest absolute Gasteiger partial charge is 0.393 e. The lowest BCUT2D eigenvalue weighted by molar-refractivity contribution is -0.225. The third kappa shape index (κ3) is 5.69. The number of rotatable bonds is 9. The van der Waals surface area contributed by atoms with Gasteiger partial charge in [-0.25, -0.2) is 9.97 Å². The first-order valence-corrected chi connectivity index (χ1v) is 12.3. The van der Waals surface area contributed by atoms with Crippen molar-refractivity contribution in [3.05, 3.63) is 17.3 Å². The highest BCUT2D eigenvalue weighted by Crippen LogP contribution is 2.47. The van der Waals surface area contributed by atoms with Gasteiger partial charge in [0.2, 0.25) is 0 Å². The van der Waals surface area contributed by atoms with E-state index in [-0.39, 0.29) is 23.3 Å². The Labute approximate surface area is 199 Å². The molecule has 1 aliphatic carbocycles. The van der Waals surface area contributed by atoms with Crippen LogP contribution < -0.4 is 10.6 Å². The van der Waals surface area contributed by atoms with Crippen LogP contribution in [0.3, 0.4) is 0 Å². The number of aliphatic hydroxyl groups is 1. The molecular weight excluding hydrogens is 452 g/mol. The zero-order chi connectivity index (χ0) is 23.8. The average molecular weight is 487 g/mol. The standard InChI is InChI=1S/C22H35ClN4O4S/c1-8-11-32-20-25-18(23)14(24)19(26-20)27(7)10-9-13-12(2)15(29-21(3,4)28)17-16(13)30-22(5,6)31-17/h13,15-17,28H,2,8-11,24H2,1,3-7H3. The molecule has 0 bridgehead atoms. The molecule has 4 unspecified atom stereocenters. The van der Waals surface area contributed by atoms with Gasteiger partial charge in [-0.05, 0) is 46.1 Å². The molecule has 0 radical (unpaired) electrons. The first-order valence-electron chi connectivity index (χ1n) is 10.9. The maximum Gasteiger partial charge on any atom is 0.191 e. The number of nitrogens with two attached hydrogens (primary N) is 1. The molecule has 2 aliphatic rings. The summed E-state index contributed by atoms with van der Waals surface area (Å²) in [4.78, 5) is 10.9. The monoisotopic (exact) mass is 486 g/mol. The van der Waals surface area contributed by atoms with Gasteiger partial charge in [0.05, 0.1) is 6.10 Å². The molecule has 32 heavy (non-hydrogen) atoms. The Morgan fingerprint density at radius 2 is 1.97 bits per heavy atom. The highest BCUT2D eigenvalue weighted by Gasteiger charge is 2.57. The summed E-state index contributed by atoms with van der Waals surface area (Å²) in [5.74, 6) is -0.527. The van der Waals surface area contributed by atoms with Crippen molar-refractivity contribution in [2.45, 2.75) is 82.5 Å². The Morgan fingerprint density at radius 3 is 2.59 bits per heavy atom. The SMILES string of the molecule is C=C1C(CCN(C)c2nc(SCCC)nc(Cl)c2N)C2OC(C)(C)OC2C1OC(C)(C)O. The van der Waals surface area contributed by atoms with E-state index >= 15 is 0 Å². The first kappa shape index (κ1) is 25.5. The summed E-state index contributed by atoms with van der Waals surface area (Å²) in [6.07, 6.45) is 0.753. The molecule has 2 fully saturated rings. The van der Waals surface area contributed by atoms with Crippen LogP contribution in [0.5, 0.6) is 0 Å². The van der Waals surface area contributed by atoms with Crippen molar-refractivity contribution in [2.75, 3.05) is 30.0 Å². The first-order chi connectivity index (χ1) is 14.8. The molecule has 8 nitrogen and oxygen atoms in total. The van der Waals surface area contributed by atoms with Gasteiger partial charge in [-0.3, -0.25) is 0 Å². The number of nitrogen functional groups attached to an aromatic ring is 1. The lowest BCUT2D eigenvalue weighted by Crippen LogP contribution is -2.38. The number of nitrogens with zero attached hydrogens (tertiary/aromatic N) is 3. The van der Waals surface area contributed by atoms with Gasteiger partial charge in [0, 0.05) is 25.3 Å². The lowest BCUT2D eigenvalue weighted by atomic mass is 9.97.